The predicted molar refractivity (Wildman–Crippen MR) is 66.4 cm³/mol. The van der Waals surface area contributed by atoms with E-state index in [2.05, 4.69) is 5.32 Å². The molecule has 0 saturated heterocycles. The molecule has 5 nitrogen and oxygen atoms in total. The topological polar surface area (TPSA) is 98.2 Å². The summed E-state index contributed by atoms with van der Waals surface area (Å²) in [5.74, 6) is -1.01. The molecular formula is C12H17N3O2. The van der Waals surface area contributed by atoms with Crippen LogP contribution in [0, 0.1) is 5.92 Å². The van der Waals surface area contributed by atoms with Gasteiger partial charge in [-0.2, -0.15) is 0 Å². The molecule has 0 spiro atoms. The number of para-hydroxylation sites is 1. The van der Waals surface area contributed by atoms with Crippen molar-refractivity contribution in [3.8, 4) is 0 Å². The zero-order chi connectivity index (χ0) is 12.8. The molecule has 0 aliphatic carbocycles. The summed E-state index contributed by atoms with van der Waals surface area (Å²) < 4.78 is 0. The van der Waals surface area contributed by atoms with Crippen LogP contribution in [-0.2, 0) is 4.79 Å². The van der Waals surface area contributed by atoms with Gasteiger partial charge in [0.2, 0.25) is 5.91 Å². The number of carbonyl (C=O) groups is 2. The SMILES string of the molecule is CCC(CN)C(=O)Nc1ccccc1C(N)=O. The second-order valence-corrected chi connectivity index (χ2v) is 3.74. The second-order valence-electron chi connectivity index (χ2n) is 3.74. The van der Waals surface area contributed by atoms with Crippen molar-refractivity contribution in [3.05, 3.63) is 29.8 Å². The van der Waals surface area contributed by atoms with Gasteiger partial charge in [-0.15, -0.1) is 0 Å². The van der Waals surface area contributed by atoms with Gasteiger partial charge in [0.1, 0.15) is 0 Å². The molecule has 5 N–H and O–H groups in total. The van der Waals surface area contributed by atoms with Crippen LogP contribution in [0.5, 0.6) is 0 Å². The molecule has 92 valence electrons. The zero-order valence-corrected chi connectivity index (χ0v) is 9.77. The minimum atomic E-state index is -0.568. The molecule has 0 aliphatic heterocycles. The largest absolute Gasteiger partial charge is 0.366 e. The van der Waals surface area contributed by atoms with E-state index in [1.165, 1.54) is 0 Å². The van der Waals surface area contributed by atoms with E-state index in [4.69, 9.17) is 11.5 Å². The summed E-state index contributed by atoms with van der Waals surface area (Å²) in [6.07, 6.45) is 0.654. The number of amides is 2. The molecule has 0 fully saturated rings. The van der Waals surface area contributed by atoms with Crippen molar-refractivity contribution in [2.45, 2.75) is 13.3 Å². The highest BCUT2D eigenvalue weighted by Crippen LogP contribution is 2.15. The molecule has 1 rings (SSSR count). The third kappa shape index (κ3) is 3.29. The number of anilines is 1. The smallest absolute Gasteiger partial charge is 0.250 e. The summed E-state index contributed by atoms with van der Waals surface area (Å²) in [5, 5.41) is 2.67. The Kier molecular flexibility index (Phi) is 4.66. The minimum Gasteiger partial charge on any atom is -0.366 e. The Balaban J connectivity index is 2.88. The van der Waals surface area contributed by atoms with Gasteiger partial charge < -0.3 is 16.8 Å². The fraction of sp³-hybridized carbons (Fsp3) is 0.333. The van der Waals surface area contributed by atoms with Crippen LogP contribution in [0.25, 0.3) is 0 Å². The van der Waals surface area contributed by atoms with E-state index < -0.39 is 5.91 Å². The van der Waals surface area contributed by atoms with E-state index in [9.17, 15) is 9.59 Å². The molecule has 0 aromatic heterocycles. The van der Waals surface area contributed by atoms with Crippen molar-refractivity contribution in [1.82, 2.24) is 0 Å². The number of carbonyl (C=O) groups excluding carboxylic acids is 2. The monoisotopic (exact) mass is 235 g/mol. The number of benzene rings is 1. The van der Waals surface area contributed by atoms with Crippen LogP contribution in [0.15, 0.2) is 24.3 Å². The predicted octanol–water partition coefficient (Wildman–Crippen LogP) is 0.709. The van der Waals surface area contributed by atoms with E-state index in [0.717, 1.165) is 0 Å². The molecule has 1 aromatic rings. The van der Waals surface area contributed by atoms with E-state index in [0.29, 0.717) is 17.7 Å². The molecular weight excluding hydrogens is 218 g/mol. The van der Waals surface area contributed by atoms with Crippen molar-refractivity contribution in [1.29, 1.82) is 0 Å². The van der Waals surface area contributed by atoms with Crippen molar-refractivity contribution in [2.75, 3.05) is 11.9 Å². The quantitative estimate of drug-likeness (QED) is 0.700. The summed E-state index contributed by atoms with van der Waals surface area (Å²) in [6.45, 7) is 2.16. The molecule has 17 heavy (non-hydrogen) atoms. The van der Waals surface area contributed by atoms with Crippen LogP contribution >= 0.6 is 0 Å². The molecule has 2 amide bonds. The standard InChI is InChI=1S/C12H17N3O2/c1-2-8(7-13)12(17)15-10-6-4-3-5-9(10)11(14)16/h3-6,8H,2,7,13H2,1H3,(H2,14,16)(H,15,17). The van der Waals surface area contributed by atoms with Crippen molar-refractivity contribution in [3.63, 3.8) is 0 Å². The Morgan fingerprint density at radius 2 is 2.00 bits per heavy atom. The number of rotatable bonds is 5. The average Bonchev–Trinajstić information content (AvgIpc) is 2.31. The Morgan fingerprint density at radius 3 is 2.53 bits per heavy atom. The normalized spacial score (nSPS) is 11.9. The first-order valence-electron chi connectivity index (χ1n) is 5.49. The number of hydrogen-bond donors (Lipinski definition) is 3. The molecule has 0 radical (unpaired) electrons. The molecule has 1 atom stereocenters. The van der Waals surface area contributed by atoms with E-state index in [1.807, 2.05) is 6.92 Å². The highest BCUT2D eigenvalue weighted by molar-refractivity contribution is 6.03. The van der Waals surface area contributed by atoms with Crippen LogP contribution in [0.3, 0.4) is 0 Å². The maximum Gasteiger partial charge on any atom is 0.250 e. The Labute approximate surface area is 100 Å². The summed E-state index contributed by atoms with van der Waals surface area (Å²) in [4.78, 5) is 23.0. The number of hydrogen-bond acceptors (Lipinski definition) is 3. The van der Waals surface area contributed by atoms with Crippen LogP contribution < -0.4 is 16.8 Å². The van der Waals surface area contributed by atoms with Gasteiger partial charge in [-0.1, -0.05) is 19.1 Å². The lowest BCUT2D eigenvalue weighted by atomic mass is 10.1. The third-order valence-corrected chi connectivity index (χ3v) is 2.60. The highest BCUT2D eigenvalue weighted by atomic mass is 16.2. The summed E-state index contributed by atoms with van der Waals surface area (Å²) in [6, 6.07) is 6.63. The van der Waals surface area contributed by atoms with Crippen LogP contribution in [0.2, 0.25) is 0 Å². The van der Waals surface area contributed by atoms with Gasteiger partial charge in [0, 0.05) is 6.54 Å². The fourth-order valence-corrected chi connectivity index (χ4v) is 1.50. The van der Waals surface area contributed by atoms with Crippen LogP contribution in [0.4, 0.5) is 5.69 Å². The van der Waals surface area contributed by atoms with Crippen LogP contribution in [-0.4, -0.2) is 18.4 Å². The minimum absolute atomic E-state index is 0.191. The lowest BCUT2D eigenvalue weighted by Crippen LogP contribution is -2.29. The van der Waals surface area contributed by atoms with Gasteiger partial charge >= 0.3 is 0 Å². The maximum atomic E-state index is 11.8. The first kappa shape index (κ1) is 13.2. The zero-order valence-electron chi connectivity index (χ0n) is 9.77. The van der Waals surface area contributed by atoms with E-state index in [1.54, 1.807) is 24.3 Å². The first-order valence-corrected chi connectivity index (χ1v) is 5.49. The van der Waals surface area contributed by atoms with Gasteiger partial charge in [0.25, 0.3) is 5.91 Å². The van der Waals surface area contributed by atoms with Crippen molar-refractivity contribution >= 4 is 17.5 Å². The molecule has 5 heteroatoms. The molecule has 0 aliphatic rings. The van der Waals surface area contributed by atoms with E-state index in [-0.39, 0.29) is 18.4 Å². The van der Waals surface area contributed by atoms with Gasteiger partial charge in [0.15, 0.2) is 0 Å². The first-order chi connectivity index (χ1) is 8.10. The van der Waals surface area contributed by atoms with Crippen molar-refractivity contribution < 1.29 is 9.59 Å². The van der Waals surface area contributed by atoms with Gasteiger partial charge in [-0.25, -0.2) is 0 Å². The van der Waals surface area contributed by atoms with E-state index >= 15 is 0 Å². The fourth-order valence-electron chi connectivity index (χ4n) is 1.50. The lowest BCUT2D eigenvalue weighted by Gasteiger charge is -2.14. The second kappa shape index (κ2) is 6.00. The number of nitrogens with one attached hydrogen (secondary N) is 1. The molecule has 1 aromatic carbocycles. The van der Waals surface area contributed by atoms with Crippen molar-refractivity contribution in [2.24, 2.45) is 17.4 Å². The lowest BCUT2D eigenvalue weighted by molar-refractivity contribution is -0.119. The summed E-state index contributed by atoms with van der Waals surface area (Å²) >= 11 is 0. The van der Waals surface area contributed by atoms with Gasteiger partial charge in [-0.05, 0) is 18.6 Å². The molecule has 0 bridgehead atoms. The molecule has 0 saturated carbocycles. The van der Waals surface area contributed by atoms with Gasteiger partial charge in [0.05, 0.1) is 17.2 Å². The summed E-state index contributed by atoms with van der Waals surface area (Å²) in [7, 11) is 0. The average molecular weight is 235 g/mol. The highest BCUT2D eigenvalue weighted by Gasteiger charge is 2.16. The Bertz CT molecular complexity index is 414. The Morgan fingerprint density at radius 1 is 1.35 bits per heavy atom. The number of nitrogens with two attached hydrogens (primary N) is 2. The summed E-state index contributed by atoms with van der Waals surface area (Å²) in [5.41, 5.74) is 11.4. The Hall–Kier alpha value is -1.88. The maximum absolute atomic E-state index is 11.8. The number of primary amides is 1. The van der Waals surface area contributed by atoms with Gasteiger partial charge in [-0.3, -0.25) is 9.59 Å². The third-order valence-electron chi connectivity index (χ3n) is 2.60. The molecule has 1 unspecified atom stereocenters. The molecule has 0 heterocycles. The van der Waals surface area contributed by atoms with Crippen LogP contribution in [0.1, 0.15) is 23.7 Å².